The SMILES string of the molecule is COC(=O)C(C)(CCOc1cc(C)ccc1C)NC1CC1. The average Bonchev–Trinajstić information content (AvgIpc) is 3.25. The Balaban J connectivity index is 1.95. The van der Waals surface area contributed by atoms with Gasteiger partial charge in [-0.15, -0.1) is 0 Å². The molecule has 0 aliphatic heterocycles. The topological polar surface area (TPSA) is 47.6 Å². The molecule has 0 heterocycles. The van der Waals surface area contributed by atoms with Gasteiger partial charge >= 0.3 is 5.97 Å². The highest BCUT2D eigenvalue weighted by Gasteiger charge is 2.39. The van der Waals surface area contributed by atoms with E-state index >= 15 is 0 Å². The fourth-order valence-electron chi connectivity index (χ4n) is 2.36. The number of rotatable bonds is 7. The third-order valence-corrected chi connectivity index (χ3v) is 3.94. The van der Waals surface area contributed by atoms with Crippen molar-refractivity contribution >= 4 is 5.97 Å². The van der Waals surface area contributed by atoms with Crippen LogP contribution in [0.2, 0.25) is 0 Å². The van der Waals surface area contributed by atoms with Gasteiger partial charge in [0.05, 0.1) is 13.7 Å². The summed E-state index contributed by atoms with van der Waals surface area (Å²) in [4.78, 5) is 12.0. The van der Waals surface area contributed by atoms with Crippen LogP contribution in [0.4, 0.5) is 0 Å². The first kappa shape index (κ1) is 15.8. The maximum atomic E-state index is 12.0. The number of hydrogen-bond acceptors (Lipinski definition) is 4. The van der Waals surface area contributed by atoms with Gasteiger partial charge in [-0.1, -0.05) is 12.1 Å². The van der Waals surface area contributed by atoms with E-state index in [0.29, 0.717) is 19.1 Å². The molecule has 1 aliphatic rings. The predicted octanol–water partition coefficient (Wildman–Crippen LogP) is 2.76. The van der Waals surface area contributed by atoms with Gasteiger partial charge in [0.15, 0.2) is 0 Å². The minimum atomic E-state index is -0.673. The molecule has 0 saturated heterocycles. The summed E-state index contributed by atoms with van der Waals surface area (Å²) in [5, 5.41) is 3.38. The summed E-state index contributed by atoms with van der Waals surface area (Å²) in [6.45, 7) is 6.44. The van der Waals surface area contributed by atoms with E-state index in [9.17, 15) is 4.79 Å². The molecule has 1 N–H and O–H groups in total. The Kier molecular flexibility index (Phi) is 4.88. The normalized spacial score (nSPS) is 17.1. The Hall–Kier alpha value is -1.55. The molecule has 0 aromatic heterocycles. The molecule has 1 saturated carbocycles. The van der Waals surface area contributed by atoms with Crippen LogP contribution in [0.25, 0.3) is 0 Å². The van der Waals surface area contributed by atoms with Gasteiger partial charge in [-0.3, -0.25) is 10.1 Å². The van der Waals surface area contributed by atoms with Crippen molar-refractivity contribution in [2.45, 2.75) is 51.6 Å². The fourth-order valence-corrected chi connectivity index (χ4v) is 2.36. The van der Waals surface area contributed by atoms with Gasteiger partial charge in [0, 0.05) is 12.5 Å². The second-order valence-corrected chi connectivity index (χ2v) is 6.11. The summed E-state index contributed by atoms with van der Waals surface area (Å²) >= 11 is 0. The number of methoxy groups -OCH3 is 1. The Morgan fingerprint density at radius 3 is 2.71 bits per heavy atom. The van der Waals surface area contributed by atoms with Crippen LogP contribution in [0.5, 0.6) is 5.75 Å². The van der Waals surface area contributed by atoms with Gasteiger partial charge in [0.2, 0.25) is 0 Å². The molecule has 116 valence electrons. The lowest BCUT2D eigenvalue weighted by Crippen LogP contribution is -2.52. The molecule has 1 atom stereocenters. The van der Waals surface area contributed by atoms with Crippen LogP contribution in [0.1, 0.15) is 37.3 Å². The smallest absolute Gasteiger partial charge is 0.325 e. The van der Waals surface area contributed by atoms with Crippen LogP contribution < -0.4 is 10.1 Å². The Bertz CT molecular complexity index is 511. The highest BCUT2D eigenvalue weighted by molar-refractivity contribution is 5.80. The zero-order valence-corrected chi connectivity index (χ0v) is 13.4. The number of aryl methyl sites for hydroxylation is 2. The molecule has 4 nitrogen and oxygen atoms in total. The first-order chi connectivity index (χ1) is 9.94. The second-order valence-electron chi connectivity index (χ2n) is 6.11. The molecule has 1 aromatic carbocycles. The van der Waals surface area contributed by atoms with E-state index < -0.39 is 5.54 Å². The monoisotopic (exact) mass is 291 g/mol. The molecule has 2 rings (SSSR count). The second kappa shape index (κ2) is 6.48. The summed E-state index contributed by atoms with van der Waals surface area (Å²) in [5.74, 6) is 0.660. The summed E-state index contributed by atoms with van der Waals surface area (Å²) in [5.41, 5.74) is 1.60. The zero-order valence-electron chi connectivity index (χ0n) is 13.4. The molecule has 1 aromatic rings. The van der Waals surface area contributed by atoms with Crippen molar-refractivity contribution in [3.63, 3.8) is 0 Å². The van der Waals surface area contributed by atoms with Crippen LogP contribution >= 0.6 is 0 Å². The lowest BCUT2D eigenvalue weighted by molar-refractivity contribution is -0.148. The van der Waals surface area contributed by atoms with Gasteiger partial charge in [-0.05, 0) is 50.8 Å². The minimum absolute atomic E-state index is 0.223. The summed E-state index contributed by atoms with van der Waals surface area (Å²) in [7, 11) is 1.43. The van der Waals surface area contributed by atoms with Crippen LogP contribution in [0.3, 0.4) is 0 Å². The number of hydrogen-bond donors (Lipinski definition) is 1. The maximum Gasteiger partial charge on any atom is 0.325 e. The van der Waals surface area contributed by atoms with E-state index in [4.69, 9.17) is 9.47 Å². The molecule has 0 bridgehead atoms. The highest BCUT2D eigenvalue weighted by Crippen LogP contribution is 2.26. The summed E-state index contributed by atoms with van der Waals surface area (Å²) in [6, 6.07) is 6.58. The molecule has 21 heavy (non-hydrogen) atoms. The van der Waals surface area contributed by atoms with Gasteiger partial charge < -0.3 is 9.47 Å². The average molecular weight is 291 g/mol. The molecule has 1 unspecified atom stereocenters. The molecule has 0 spiro atoms. The number of carbonyl (C=O) groups excluding carboxylic acids is 1. The van der Waals surface area contributed by atoms with Gasteiger partial charge in [0.1, 0.15) is 11.3 Å². The quantitative estimate of drug-likeness (QED) is 0.785. The largest absolute Gasteiger partial charge is 0.493 e. The molecule has 0 radical (unpaired) electrons. The molecule has 0 amide bonds. The Labute approximate surface area is 126 Å². The first-order valence-electron chi connectivity index (χ1n) is 7.51. The van der Waals surface area contributed by atoms with Gasteiger partial charge in [-0.25, -0.2) is 0 Å². The number of esters is 1. The van der Waals surface area contributed by atoms with E-state index in [1.807, 2.05) is 32.9 Å². The van der Waals surface area contributed by atoms with Crippen LogP contribution in [-0.2, 0) is 9.53 Å². The van der Waals surface area contributed by atoms with Gasteiger partial charge in [0.25, 0.3) is 0 Å². The van der Waals surface area contributed by atoms with E-state index in [-0.39, 0.29) is 5.97 Å². The van der Waals surface area contributed by atoms with Crippen LogP contribution in [0.15, 0.2) is 18.2 Å². The van der Waals surface area contributed by atoms with Crippen LogP contribution in [-0.4, -0.2) is 31.3 Å². The van der Waals surface area contributed by atoms with E-state index in [1.54, 1.807) is 0 Å². The van der Waals surface area contributed by atoms with Crippen molar-refractivity contribution in [3.8, 4) is 5.75 Å². The molecular weight excluding hydrogens is 266 g/mol. The number of benzene rings is 1. The van der Waals surface area contributed by atoms with Crippen molar-refractivity contribution in [2.24, 2.45) is 0 Å². The van der Waals surface area contributed by atoms with E-state index in [2.05, 4.69) is 11.4 Å². The predicted molar refractivity (Wildman–Crippen MR) is 82.6 cm³/mol. The third kappa shape index (κ3) is 4.21. The maximum absolute atomic E-state index is 12.0. The Morgan fingerprint density at radius 2 is 2.10 bits per heavy atom. The molecule has 4 heteroatoms. The number of ether oxygens (including phenoxy) is 2. The van der Waals surface area contributed by atoms with Gasteiger partial charge in [-0.2, -0.15) is 0 Å². The minimum Gasteiger partial charge on any atom is -0.493 e. The van der Waals surface area contributed by atoms with Crippen molar-refractivity contribution in [2.75, 3.05) is 13.7 Å². The van der Waals surface area contributed by atoms with Crippen molar-refractivity contribution in [3.05, 3.63) is 29.3 Å². The van der Waals surface area contributed by atoms with Crippen LogP contribution in [0, 0.1) is 13.8 Å². The first-order valence-corrected chi connectivity index (χ1v) is 7.51. The van der Waals surface area contributed by atoms with E-state index in [0.717, 1.165) is 24.2 Å². The lowest BCUT2D eigenvalue weighted by atomic mass is 9.98. The standard InChI is InChI=1S/C17H25NO3/c1-12-5-6-13(2)15(11-12)21-10-9-17(3,16(19)20-4)18-14-7-8-14/h5-6,11,14,18H,7-10H2,1-4H3. The third-order valence-electron chi connectivity index (χ3n) is 3.94. The van der Waals surface area contributed by atoms with Crippen molar-refractivity contribution < 1.29 is 14.3 Å². The van der Waals surface area contributed by atoms with Crippen molar-refractivity contribution in [1.29, 1.82) is 0 Å². The summed E-state index contributed by atoms with van der Waals surface area (Å²) in [6.07, 6.45) is 2.85. The lowest BCUT2D eigenvalue weighted by Gasteiger charge is -2.28. The highest BCUT2D eigenvalue weighted by atomic mass is 16.5. The Morgan fingerprint density at radius 1 is 1.38 bits per heavy atom. The molecule has 1 aliphatic carbocycles. The number of carbonyl (C=O) groups is 1. The fraction of sp³-hybridized carbons (Fsp3) is 0.588. The number of nitrogens with one attached hydrogen (secondary N) is 1. The van der Waals surface area contributed by atoms with Crippen molar-refractivity contribution in [1.82, 2.24) is 5.32 Å². The van der Waals surface area contributed by atoms with E-state index in [1.165, 1.54) is 12.7 Å². The molecule has 1 fully saturated rings. The summed E-state index contributed by atoms with van der Waals surface area (Å²) < 4.78 is 10.8. The zero-order chi connectivity index (χ0) is 15.5. The molecular formula is C17H25NO3.